The number of Topliss-reactive ketones (excluding diaryl/α,β-unsaturated/α-hetero) is 1. The molecule has 1 N–H and O–H groups in total. The smallest absolute Gasteiger partial charge is 0.329 e. The first-order valence-corrected chi connectivity index (χ1v) is 7.42. The van der Waals surface area contributed by atoms with Gasteiger partial charge in [0, 0.05) is 12.6 Å². The van der Waals surface area contributed by atoms with Crippen LogP contribution in [0.5, 0.6) is 0 Å². The lowest BCUT2D eigenvalue weighted by molar-refractivity contribution is -0.142. The summed E-state index contributed by atoms with van der Waals surface area (Å²) in [6, 6.07) is 5.10. The van der Waals surface area contributed by atoms with E-state index in [1.165, 1.54) is 16.9 Å². The van der Waals surface area contributed by atoms with Crippen LogP contribution in [0.1, 0.15) is 28.9 Å². The Morgan fingerprint density at radius 1 is 1.30 bits per heavy atom. The van der Waals surface area contributed by atoms with Gasteiger partial charge < -0.3 is 5.11 Å². The Morgan fingerprint density at radius 2 is 2.04 bits per heavy atom. The molecule has 1 aliphatic carbocycles. The third kappa shape index (κ3) is 2.16. The summed E-state index contributed by atoms with van der Waals surface area (Å²) < 4.78 is 15.4. The molecule has 23 heavy (non-hydrogen) atoms. The van der Waals surface area contributed by atoms with Gasteiger partial charge in [-0.05, 0) is 25.0 Å². The molecule has 1 aliphatic heterocycles. The molecule has 1 aromatic heterocycles. The number of nitrogens with zero attached hydrogens (tertiary/aromatic N) is 3. The van der Waals surface area contributed by atoms with Gasteiger partial charge in [-0.15, -0.1) is 0 Å². The highest BCUT2D eigenvalue weighted by Gasteiger charge is 2.46. The zero-order valence-electron chi connectivity index (χ0n) is 12.1. The second-order valence-electron chi connectivity index (χ2n) is 5.88. The molecule has 1 atom stereocenters. The van der Waals surface area contributed by atoms with Crippen molar-refractivity contribution in [2.45, 2.75) is 31.5 Å². The lowest BCUT2D eigenvalue weighted by Crippen LogP contribution is -2.51. The maximum absolute atomic E-state index is 14.0. The number of carbonyl (C=O) groups excluding carboxylic acids is 1. The molecular formula is C16H14FN3O3. The van der Waals surface area contributed by atoms with Crippen molar-refractivity contribution in [3.63, 3.8) is 0 Å². The number of para-hydroxylation sites is 1. The molecule has 2 aromatic rings. The van der Waals surface area contributed by atoms with Gasteiger partial charge in [-0.25, -0.2) is 9.07 Å². The van der Waals surface area contributed by atoms with E-state index in [4.69, 9.17) is 0 Å². The first kappa shape index (κ1) is 14.1. The van der Waals surface area contributed by atoms with E-state index in [0.29, 0.717) is 5.69 Å². The van der Waals surface area contributed by atoms with E-state index in [1.54, 1.807) is 23.1 Å². The minimum atomic E-state index is -1.17. The average Bonchev–Trinajstić information content (AvgIpc) is 3.27. The number of carbonyl (C=O) groups is 2. The van der Waals surface area contributed by atoms with Crippen molar-refractivity contribution < 1.29 is 19.1 Å². The highest BCUT2D eigenvalue weighted by molar-refractivity contribution is 6.13. The first-order valence-electron chi connectivity index (χ1n) is 7.42. The predicted octanol–water partition coefficient (Wildman–Crippen LogP) is 1.63. The van der Waals surface area contributed by atoms with Gasteiger partial charge in [0.2, 0.25) is 0 Å². The Labute approximate surface area is 131 Å². The summed E-state index contributed by atoms with van der Waals surface area (Å²) >= 11 is 0. The van der Waals surface area contributed by atoms with Crippen LogP contribution in [-0.4, -0.2) is 43.6 Å². The molecule has 2 aliphatic rings. The van der Waals surface area contributed by atoms with Crippen LogP contribution in [0, 0.1) is 5.82 Å². The minimum Gasteiger partial charge on any atom is -0.480 e. The summed E-state index contributed by atoms with van der Waals surface area (Å²) in [5, 5.41) is 13.5. The zero-order valence-corrected chi connectivity index (χ0v) is 12.1. The van der Waals surface area contributed by atoms with E-state index in [2.05, 4.69) is 5.10 Å². The van der Waals surface area contributed by atoms with Gasteiger partial charge in [-0.1, -0.05) is 12.1 Å². The molecule has 1 aromatic carbocycles. The summed E-state index contributed by atoms with van der Waals surface area (Å²) in [5.41, 5.74) is 1.06. The van der Waals surface area contributed by atoms with Gasteiger partial charge in [0.05, 0.1) is 17.5 Å². The van der Waals surface area contributed by atoms with E-state index < -0.39 is 23.6 Å². The summed E-state index contributed by atoms with van der Waals surface area (Å²) in [4.78, 5) is 25.7. The van der Waals surface area contributed by atoms with Gasteiger partial charge in [0.15, 0.2) is 11.8 Å². The largest absolute Gasteiger partial charge is 0.480 e. The molecule has 2 heterocycles. The summed E-state index contributed by atoms with van der Waals surface area (Å²) in [6.45, 7) is 0.275. The number of hydrogen-bond donors (Lipinski definition) is 1. The molecular weight excluding hydrogens is 301 g/mol. The van der Waals surface area contributed by atoms with Crippen molar-refractivity contribution in [1.82, 2.24) is 14.7 Å². The standard InChI is InChI=1S/C16H14FN3O3/c17-11-3-1-2-4-12(11)20-13-8-19(9-5-6-9)14(16(22)23)15(21)10(13)7-18-20/h1-4,7,9,14H,5-6,8H2,(H,22,23). The number of rotatable bonds is 3. The molecule has 1 unspecified atom stereocenters. The number of ketones is 1. The molecule has 0 bridgehead atoms. The number of aliphatic carboxylic acids is 1. The quantitative estimate of drug-likeness (QED) is 0.871. The fourth-order valence-electron chi connectivity index (χ4n) is 3.13. The lowest BCUT2D eigenvalue weighted by atomic mass is 9.97. The number of halogens is 1. The average molecular weight is 315 g/mol. The van der Waals surface area contributed by atoms with Crippen molar-refractivity contribution >= 4 is 11.8 Å². The maximum atomic E-state index is 14.0. The SMILES string of the molecule is O=C(O)C1C(=O)c2cnn(-c3ccccc3F)c2CN1C1CC1. The van der Waals surface area contributed by atoms with Crippen molar-refractivity contribution in [1.29, 1.82) is 0 Å². The van der Waals surface area contributed by atoms with Gasteiger partial charge in [0.1, 0.15) is 11.5 Å². The molecule has 0 spiro atoms. The maximum Gasteiger partial charge on any atom is 0.329 e. The summed E-state index contributed by atoms with van der Waals surface area (Å²) in [7, 11) is 0. The molecule has 118 valence electrons. The van der Waals surface area contributed by atoms with Crippen LogP contribution in [-0.2, 0) is 11.3 Å². The van der Waals surface area contributed by atoms with Crippen LogP contribution in [0.4, 0.5) is 4.39 Å². The van der Waals surface area contributed by atoms with E-state index >= 15 is 0 Å². The normalized spacial score (nSPS) is 21.3. The molecule has 0 amide bonds. The Bertz CT molecular complexity index is 813. The topological polar surface area (TPSA) is 75.4 Å². The van der Waals surface area contributed by atoms with E-state index in [9.17, 15) is 19.1 Å². The Kier molecular flexibility index (Phi) is 3.05. The van der Waals surface area contributed by atoms with Crippen LogP contribution in [0.3, 0.4) is 0 Å². The van der Waals surface area contributed by atoms with Crippen molar-refractivity contribution in [3.8, 4) is 5.69 Å². The Hall–Kier alpha value is -2.54. The van der Waals surface area contributed by atoms with E-state index in [0.717, 1.165) is 12.8 Å². The first-order chi connectivity index (χ1) is 11.1. The number of hydrogen-bond acceptors (Lipinski definition) is 4. The van der Waals surface area contributed by atoms with Crippen LogP contribution >= 0.6 is 0 Å². The minimum absolute atomic E-state index is 0.0946. The molecule has 0 radical (unpaired) electrons. The lowest BCUT2D eigenvalue weighted by Gasteiger charge is -2.32. The second-order valence-corrected chi connectivity index (χ2v) is 5.88. The molecule has 0 saturated heterocycles. The molecule has 7 heteroatoms. The number of carboxylic acids is 1. The third-order valence-electron chi connectivity index (χ3n) is 4.38. The van der Waals surface area contributed by atoms with Crippen molar-refractivity contribution in [3.05, 3.63) is 47.5 Å². The second kappa shape index (κ2) is 4.99. The molecule has 1 fully saturated rings. The van der Waals surface area contributed by atoms with Crippen LogP contribution in [0.25, 0.3) is 5.69 Å². The van der Waals surface area contributed by atoms with Gasteiger partial charge in [0.25, 0.3) is 0 Å². The fraction of sp³-hybridized carbons (Fsp3) is 0.312. The number of carboxylic acid groups (broad SMARTS) is 1. The number of aromatic nitrogens is 2. The molecule has 6 nitrogen and oxygen atoms in total. The van der Waals surface area contributed by atoms with Crippen LogP contribution in [0.2, 0.25) is 0 Å². The zero-order chi connectivity index (χ0) is 16.1. The van der Waals surface area contributed by atoms with Crippen LogP contribution < -0.4 is 0 Å². The van der Waals surface area contributed by atoms with Gasteiger partial charge >= 0.3 is 5.97 Å². The Morgan fingerprint density at radius 3 is 2.70 bits per heavy atom. The predicted molar refractivity (Wildman–Crippen MR) is 77.8 cm³/mol. The Balaban J connectivity index is 1.83. The number of benzene rings is 1. The monoisotopic (exact) mass is 315 g/mol. The number of fused-ring (bicyclic) bond motifs is 1. The van der Waals surface area contributed by atoms with Crippen LogP contribution in [0.15, 0.2) is 30.5 Å². The highest BCUT2D eigenvalue weighted by atomic mass is 19.1. The molecule has 1 saturated carbocycles. The summed E-state index contributed by atoms with van der Waals surface area (Å²) in [6.07, 6.45) is 3.09. The van der Waals surface area contributed by atoms with Gasteiger partial charge in [-0.3, -0.25) is 14.5 Å². The third-order valence-corrected chi connectivity index (χ3v) is 4.38. The fourth-order valence-corrected chi connectivity index (χ4v) is 3.13. The van der Waals surface area contributed by atoms with E-state index in [-0.39, 0.29) is 23.8 Å². The van der Waals surface area contributed by atoms with Crippen molar-refractivity contribution in [2.75, 3.05) is 0 Å². The van der Waals surface area contributed by atoms with Crippen molar-refractivity contribution in [2.24, 2.45) is 0 Å². The van der Waals surface area contributed by atoms with E-state index in [1.807, 2.05) is 0 Å². The highest BCUT2D eigenvalue weighted by Crippen LogP contribution is 2.35. The molecule has 4 rings (SSSR count). The van der Waals surface area contributed by atoms with Gasteiger partial charge in [-0.2, -0.15) is 5.10 Å². The summed E-state index contributed by atoms with van der Waals surface area (Å²) in [5.74, 6) is -2.07.